The lowest BCUT2D eigenvalue weighted by atomic mass is 9.96. The number of anilines is 1. The molecule has 0 saturated heterocycles. The molecule has 0 bridgehead atoms. The minimum atomic E-state index is -0.466. The minimum absolute atomic E-state index is 0. The normalized spacial score (nSPS) is 14.8. The van der Waals surface area contributed by atoms with Gasteiger partial charge in [-0.15, -0.1) is 12.4 Å². The van der Waals surface area contributed by atoms with Crippen LogP contribution in [0, 0.1) is 5.82 Å². The number of hydrogen-bond acceptors (Lipinski definition) is 3. The monoisotopic (exact) mass is 364 g/mol. The fourth-order valence-corrected chi connectivity index (χ4v) is 2.57. The van der Waals surface area contributed by atoms with Gasteiger partial charge in [0.1, 0.15) is 0 Å². The number of carbonyl (C=O) groups is 1. The summed E-state index contributed by atoms with van der Waals surface area (Å²) in [6, 6.07) is 13.5. The number of hydrogen-bond donors (Lipinski definition) is 2. The fourth-order valence-electron chi connectivity index (χ4n) is 2.57. The van der Waals surface area contributed by atoms with Gasteiger partial charge in [0.25, 0.3) is 0 Å². The summed E-state index contributed by atoms with van der Waals surface area (Å²) in [7, 11) is 0. The van der Waals surface area contributed by atoms with Gasteiger partial charge < -0.3 is 15.8 Å². The lowest BCUT2D eigenvalue weighted by Gasteiger charge is -2.26. The van der Waals surface area contributed by atoms with E-state index in [1.807, 2.05) is 30.3 Å². The molecule has 1 saturated carbocycles. The van der Waals surface area contributed by atoms with Gasteiger partial charge in [-0.05, 0) is 37.0 Å². The van der Waals surface area contributed by atoms with Gasteiger partial charge in [0.15, 0.2) is 11.6 Å². The van der Waals surface area contributed by atoms with E-state index in [1.54, 1.807) is 12.1 Å². The Labute approximate surface area is 153 Å². The number of amides is 1. The van der Waals surface area contributed by atoms with E-state index < -0.39 is 11.9 Å². The van der Waals surface area contributed by atoms with E-state index in [0.29, 0.717) is 5.69 Å². The molecule has 1 atom stereocenters. The van der Waals surface area contributed by atoms with Gasteiger partial charge in [-0.25, -0.2) is 4.39 Å². The van der Waals surface area contributed by atoms with Crippen molar-refractivity contribution in [1.82, 2.24) is 0 Å². The summed E-state index contributed by atoms with van der Waals surface area (Å²) in [4.78, 5) is 12.1. The number of ether oxygens (including phenoxy) is 1. The number of nitrogens with one attached hydrogen (secondary N) is 1. The van der Waals surface area contributed by atoms with Crippen molar-refractivity contribution in [3.63, 3.8) is 0 Å². The first-order chi connectivity index (χ1) is 11.6. The number of benzene rings is 2. The van der Waals surface area contributed by atoms with E-state index in [0.717, 1.165) is 24.8 Å². The van der Waals surface area contributed by atoms with Crippen molar-refractivity contribution in [2.45, 2.75) is 37.8 Å². The molecule has 6 heteroatoms. The molecule has 1 aliphatic carbocycles. The zero-order valence-corrected chi connectivity index (χ0v) is 14.6. The van der Waals surface area contributed by atoms with Crippen molar-refractivity contribution in [2.24, 2.45) is 5.73 Å². The van der Waals surface area contributed by atoms with Crippen molar-refractivity contribution in [3.8, 4) is 5.75 Å². The molecular weight excluding hydrogens is 343 g/mol. The molecule has 4 nitrogen and oxygen atoms in total. The lowest BCUT2D eigenvalue weighted by molar-refractivity contribution is -0.116. The summed E-state index contributed by atoms with van der Waals surface area (Å²) in [6.07, 6.45) is 3.31. The highest BCUT2D eigenvalue weighted by molar-refractivity contribution is 5.91. The highest BCUT2D eigenvalue weighted by Crippen LogP contribution is 2.28. The molecular formula is C19H22ClFN2O2. The second-order valence-electron chi connectivity index (χ2n) is 6.09. The Balaban J connectivity index is 0.00000225. The van der Waals surface area contributed by atoms with E-state index in [9.17, 15) is 9.18 Å². The standard InChI is InChI=1S/C19H21FN2O2.ClH/c20-16-11-14(9-10-18(16)24-15-7-4-8-15)22-19(23)12-17(21)13-5-2-1-3-6-13;/h1-3,5-6,9-11,15,17H,4,7-8,12,21H2,(H,22,23);1H. The van der Waals surface area contributed by atoms with Gasteiger partial charge in [0.05, 0.1) is 6.10 Å². The first kappa shape index (κ1) is 19.2. The van der Waals surface area contributed by atoms with Crippen LogP contribution in [0.15, 0.2) is 48.5 Å². The van der Waals surface area contributed by atoms with Crippen LogP contribution in [0.2, 0.25) is 0 Å². The van der Waals surface area contributed by atoms with Gasteiger partial charge in [-0.3, -0.25) is 4.79 Å². The Morgan fingerprint density at radius 1 is 1.24 bits per heavy atom. The summed E-state index contributed by atoms with van der Waals surface area (Å²) < 4.78 is 19.6. The van der Waals surface area contributed by atoms with E-state index in [1.165, 1.54) is 6.07 Å². The molecule has 3 rings (SSSR count). The highest BCUT2D eigenvalue weighted by Gasteiger charge is 2.20. The van der Waals surface area contributed by atoms with Crippen molar-refractivity contribution < 1.29 is 13.9 Å². The zero-order valence-electron chi connectivity index (χ0n) is 13.8. The molecule has 0 heterocycles. The minimum Gasteiger partial charge on any atom is -0.487 e. The molecule has 3 N–H and O–H groups in total. The molecule has 1 aliphatic rings. The molecule has 1 amide bonds. The van der Waals surface area contributed by atoms with Gasteiger partial charge in [0.2, 0.25) is 5.91 Å². The quantitative estimate of drug-likeness (QED) is 0.807. The predicted molar refractivity (Wildman–Crippen MR) is 98.5 cm³/mol. The maximum Gasteiger partial charge on any atom is 0.226 e. The van der Waals surface area contributed by atoms with E-state index in [2.05, 4.69) is 5.32 Å². The highest BCUT2D eigenvalue weighted by atomic mass is 35.5. The fraction of sp³-hybridized carbons (Fsp3) is 0.316. The van der Waals surface area contributed by atoms with E-state index in [-0.39, 0.29) is 36.6 Å². The Kier molecular flexibility index (Phi) is 6.79. The van der Waals surface area contributed by atoms with Crippen LogP contribution in [0.1, 0.15) is 37.3 Å². The van der Waals surface area contributed by atoms with Gasteiger partial charge in [0, 0.05) is 24.2 Å². The average Bonchev–Trinajstić information content (AvgIpc) is 2.53. The third-order valence-electron chi connectivity index (χ3n) is 4.19. The van der Waals surface area contributed by atoms with Crippen LogP contribution in [-0.2, 0) is 4.79 Å². The van der Waals surface area contributed by atoms with E-state index >= 15 is 0 Å². The zero-order chi connectivity index (χ0) is 16.9. The summed E-state index contributed by atoms with van der Waals surface area (Å²) in [6.45, 7) is 0. The molecule has 2 aromatic carbocycles. The van der Waals surface area contributed by atoms with E-state index in [4.69, 9.17) is 10.5 Å². The summed E-state index contributed by atoms with van der Waals surface area (Å²) >= 11 is 0. The second-order valence-corrected chi connectivity index (χ2v) is 6.09. The largest absolute Gasteiger partial charge is 0.487 e. The van der Waals surface area contributed by atoms with Crippen LogP contribution in [0.25, 0.3) is 0 Å². The molecule has 134 valence electrons. The Hall–Kier alpha value is -2.11. The predicted octanol–water partition coefficient (Wildman–Crippen LogP) is 4.21. The maximum atomic E-state index is 14.0. The maximum absolute atomic E-state index is 14.0. The van der Waals surface area contributed by atoms with Gasteiger partial charge in [-0.1, -0.05) is 30.3 Å². The van der Waals surface area contributed by atoms with Gasteiger partial charge >= 0.3 is 0 Å². The second kappa shape index (κ2) is 8.83. The van der Waals surface area contributed by atoms with Crippen LogP contribution >= 0.6 is 12.4 Å². The molecule has 1 fully saturated rings. The molecule has 25 heavy (non-hydrogen) atoms. The van der Waals surface area contributed by atoms with Crippen molar-refractivity contribution in [3.05, 3.63) is 59.9 Å². The molecule has 0 spiro atoms. The lowest BCUT2D eigenvalue weighted by Crippen LogP contribution is -2.25. The third kappa shape index (κ3) is 5.18. The first-order valence-electron chi connectivity index (χ1n) is 8.18. The molecule has 2 aromatic rings. The topological polar surface area (TPSA) is 64.4 Å². The Morgan fingerprint density at radius 2 is 1.96 bits per heavy atom. The van der Waals surface area contributed by atoms with Crippen molar-refractivity contribution >= 4 is 24.0 Å². The molecule has 0 aliphatic heterocycles. The Bertz CT molecular complexity index is 708. The molecule has 0 radical (unpaired) electrons. The third-order valence-corrected chi connectivity index (χ3v) is 4.19. The molecule has 1 unspecified atom stereocenters. The van der Waals surface area contributed by atoms with Crippen LogP contribution in [0.5, 0.6) is 5.75 Å². The number of rotatable bonds is 6. The smallest absolute Gasteiger partial charge is 0.226 e. The van der Waals surface area contributed by atoms with Crippen LogP contribution in [-0.4, -0.2) is 12.0 Å². The number of halogens is 2. The van der Waals surface area contributed by atoms with Crippen molar-refractivity contribution in [1.29, 1.82) is 0 Å². The van der Waals surface area contributed by atoms with Crippen LogP contribution < -0.4 is 15.8 Å². The summed E-state index contributed by atoms with van der Waals surface area (Å²) in [5.41, 5.74) is 7.32. The summed E-state index contributed by atoms with van der Waals surface area (Å²) in [5.74, 6) is -0.482. The first-order valence-corrected chi connectivity index (χ1v) is 8.18. The SMILES string of the molecule is Cl.NC(CC(=O)Nc1ccc(OC2CCC2)c(F)c1)c1ccccc1. The van der Waals surface area contributed by atoms with Crippen LogP contribution in [0.3, 0.4) is 0 Å². The number of nitrogens with two attached hydrogens (primary N) is 1. The number of carbonyl (C=O) groups excluding carboxylic acids is 1. The summed E-state index contributed by atoms with van der Waals surface area (Å²) in [5, 5.41) is 2.68. The van der Waals surface area contributed by atoms with Gasteiger partial charge in [-0.2, -0.15) is 0 Å². The Morgan fingerprint density at radius 3 is 2.56 bits per heavy atom. The van der Waals surface area contributed by atoms with Crippen LogP contribution in [0.4, 0.5) is 10.1 Å². The van der Waals surface area contributed by atoms with Crippen molar-refractivity contribution in [2.75, 3.05) is 5.32 Å². The molecule has 0 aromatic heterocycles. The average molecular weight is 365 g/mol.